The number of pyridine rings is 1. The van der Waals surface area contributed by atoms with Gasteiger partial charge in [0.05, 0.1) is 13.2 Å². The summed E-state index contributed by atoms with van der Waals surface area (Å²) in [7, 11) is 0. The molecule has 0 aromatic carbocycles. The fraction of sp³-hybridized carbons (Fsp3) is 0.375. The van der Waals surface area contributed by atoms with Crippen LogP contribution < -0.4 is 0 Å². The highest BCUT2D eigenvalue weighted by Gasteiger charge is 2.22. The molecule has 0 N–H and O–H groups in total. The minimum absolute atomic E-state index is 0.327. The molecule has 1 aliphatic heterocycles. The van der Waals surface area contributed by atoms with Crippen molar-refractivity contribution in [2.45, 2.75) is 6.29 Å². The van der Waals surface area contributed by atoms with Crippen molar-refractivity contribution in [2.24, 2.45) is 0 Å². The summed E-state index contributed by atoms with van der Waals surface area (Å²) < 4.78 is 12.4. The third kappa shape index (κ3) is 2.10. The molecule has 1 aliphatic rings. The summed E-state index contributed by atoms with van der Waals surface area (Å²) in [6.45, 7) is 1.26. The molecule has 0 radical (unpaired) electrons. The van der Waals surface area contributed by atoms with Crippen molar-refractivity contribution in [3.05, 3.63) is 26.9 Å². The highest BCUT2D eigenvalue weighted by atomic mass is 79.9. The van der Waals surface area contributed by atoms with Crippen LogP contribution in [0.25, 0.3) is 0 Å². The first-order valence-electron chi connectivity index (χ1n) is 3.82. The summed E-state index contributed by atoms with van der Waals surface area (Å²) in [6.07, 6.45) is -0.327. The van der Waals surface area contributed by atoms with Crippen LogP contribution in [0.4, 0.5) is 0 Å². The first-order valence-corrected chi connectivity index (χ1v) is 5.41. The topological polar surface area (TPSA) is 31.4 Å². The van der Waals surface area contributed by atoms with Crippen molar-refractivity contribution >= 4 is 31.9 Å². The first-order chi connectivity index (χ1) is 6.27. The van der Waals surface area contributed by atoms with E-state index in [9.17, 15) is 0 Å². The van der Waals surface area contributed by atoms with Gasteiger partial charge >= 0.3 is 0 Å². The maximum absolute atomic E-state index is 5.34. The molecule has 0 aliphatic carbocycles. The summed E-state index contributed by atoms with van der Waals surface area (Å²) >= 11 is 6.70. The second-order valence-electron chi connectivity index (χ2n) is 2.57. The minimum atomic E-state index is -0.327. The molecule has 0 bridgehead atoms. The predicted molar refractivity (Wildman–Crippen MR) is 54.3 cm³/mol. The van der Waals surface area contributed by atoms with Gasteiger partial charge in [0.25, 0.3) is 0 Å². The lowest BCUT2D eigenvalue weighted by molar-refractivity contribution is -0.0479. The van der Waals surface area contributed by atoms with Crippen LogP contribution in [0.5, 0.6) is 0 Å². The molecule has 13 heavy (non-hydrogen) atoms. The Bertz CT molecular complexity index is 313. The largest absolute Gasteiger partial charge is 0.345 e. The molecule has 0 amide bonds. The van der Waals surface area contributed by atoms with Gasteiger partial charge in [0.2, 0.25) is 6.29 Å². The van der Waals surface area contributed by atoms with Crippen molar-refractivity contribution in [3.8, 4) is 0 Å². The van der Waals surface area contributed by atoms with Crippen molar-refractivity contribution in [1.29, 1.82) is 0 Å². The molecule has 1 saturated heterocycles. The SMILES string of the molecule is Brc1ccc(Br)c(C2OCCO2)n1. The Morgan fingerprint density at radius 3 is 2.62 bits per heavy atom. The van der Waals surface area contributed by atoms with Gasteiger partial charge in [-0.05, 0) is 44.0 Å². The molecule has 3 nitrogen and oxygen atoms in total. The molecule has 0 unspecified atom stereocenters. The van der Waals surface area contributed by atoms with Crippen LogP contribution in [0, 0.1) is 0 Å². The Hall–Kier alpha value is 0.0300. The van der Waals surface area contributed by atoms with E-state index in [1.165, 1.54) is 0 Å². The van der Waals surface area contributed by atoms with Crippen LogP contribution in [0.15, 0.2) is 21.2 Å². The second kappa shape index (κ2) is 4.04. The maximum atomic E-state index is 5.34. The first kappa shape index (κ1) is 9.58. The van der Waals surface area contributed by atoms with Gasteiger partial charge in [-0.1, -0.05) is 0 Å². The van der Waals surface area contributed by atoms with E-state index in [1.807, 2.05) is 12.1 Å². The molecule has 2 heterocycles. The molecule has 70 valence electrons. The molecule has 1 aromatic heterocycles. The molecule has 1 aromatic rings. The lowest BCUT2D eigenvalue weighted by Gasteiger charge is -2.09. The van der Waals surface area contributed by atoms with Crippen LogP contribution >= 0.6 is 31.9 Å². The molecule has 0 spiro atoms. The normalized spacial score (nSPS) is 18.0. The number of rotatable bonds is 1. The number of halogens is 2. The zero-order valence-corrected chi connectivity index (χ0v) is 9.84. The van der Waals surface area contributed by atoms with E-state index in [1.54, 1.807) is 0 Å². The van der Waals surface area contributed by atoms with Crippen molar-refractivity contribution in [2.75, 3.05) is 13.2 Å². The van der Waals surface area contributed by atoms with E-state index >= 15 is 0 Å². The van der Waals surface area contributed by atoms with Gasteiger partial charge in [0, 0.05) is 4.47 Å². The molecular formula is C8H7Br2NO2. The van der Waals surface area contributed by atoms with E-state index in [-0.39, 0.29) is 6.29 Å². The summed E-state index contributed by atoms with van der Waals surface area (Å²) in [5, 5.41) is 0. The van der Waals surface area contributed by atoms with Crippen LogP contribution in [0.3, 0.4) is 0 Å². The molecule has 5 heteroatoms. The number of aromatic nitrogens is 1. The third-order valence-electron chi connectivity index (χ3n) is 1.68. The maximum Gasteiger partial charge on any atom is 0.202 e. The fourth-order valence-electron chi connectivity index (χ4n) is 1.11. The number of nitrogens with zero attached hydrogens (tertiary/aromatic N) is 1. The van der Waals surface area contributed by atoms with Crippen LogP contribution in [0.2, 0.25) is 0 Å². The Morgan fingerprint density at radius 1 is 1.23 bits per heavy atom. The average molecular weight is 309 g/mol. The van der Waals surface area contributed by atoms with Crippen LogP contribution in [-0.2, 0) is 9.47 Å². The monoisotopic (exact) mass is 307 g/mol. The van der Waals surface area contributed by atoms with Gasteiger partial charge in [-0.15, -0.1) is 0 Å². The molecule has 2 rings (SSSR count). The van der Waals surface area contributed by atoms with Gasteiger partial charge in [-0.3, -0.25) is 0 Å². The number of hydrogen-bond donors (Lipinski definition) is 0. The lowest BCUT2D eigenvalue weighted by Crippen LogP contribution is -2.02. The summed E-state index contributed by atoms with van der Waals surface area (Å²) in [5.41, 5.74) is 0.784. The molecule has 0 atom stereocenters. The minimum Gasteiger partial charge on any atom is -0.345 e. The van der Waals surface area contributed by atoms with E-state index < -0.39 is 0 Å². The Balaban J connectivity index is 2.32. The van der Waals surface area contributed by atoms with Gasteiger partial charge in [0.15, 0.2) is 0 Å². The average Bonchev–Trinajstić information content (AvgIpc) is 2.61. The van der Waals surface area contributed by atoms with Crippen molar-refractivity contribution in [3.63, 3.8) is 0 Å². The summed E-state index contributed by atoms with van der Waals surface area (Å²) in [5.74, 6) is 0. The van der Waals surface area contributed by atoms with E-state index in [4.69, 9.17) is 9.47 Å². The van der Waals surface area contributed by atoms with Crippen molar-refractivity contribution < 1.29 is 9.47 Å². The fourth-order valence-corrected chi connectivity index (χ4v) is 1.85. The zero-order chi connectivity index (χ0) is 9.26. The molecule has 1 fully saturated rings. The van der Waals surface area contributed by atoms with Gasteiger partial charge in [-0.25, -0.2) is 4.98 Å². The van der Waals surface area contributed by atoms with E-state index in [0.717, 1.165) is 14.8 Å². The highest BCUT2D eigenvalue weighted by molar-refractivity contribution is 9.11. The second-order valence-corrected chi connectivity index (χ2v) is 4.24. The summed E-state index contributed by atoms with van der Waals surface area (Å²) in [4.78, 5) is 4.27. The lowest BCUT2D eigenvalue weighted by atomic mass is 10.3. The standard InChI is InChI=1S/C8H7Br2NO2/c9-5-1-2-6(10)11-7(5)8-12-3-4-13-8/h1-2,8H,3-4H2. The van der Waals surface area contributed by atoms with Gasteiger partial charge < -0.3 is 9.47 Å². The molecule has 0 saturated carbocycles. The predicted octanol–water partition coefficient (Wildman–Crippen LogP) is 2.65. The quantitative estimate of drug-likeness (QED) is 0.748. The Labute approximate surface area is 92.7 Å². The third-order valence-corrected chi connectivity index (χ3v) is 2.80. The van der Waals surface area contributed by atoms with Crippen LogP contribution in [-0.4, -0.2) is 18.2 Å². The highest BCUT2D eigenvalue weighted by Crippen LogP contribution is 2.29. The van der Waals surface area contributed by atoms with Gasteiger partial charge in [0.1, 0.15) is 10.3 Å². The number of hydrogen-bond acceptors (Lipinski definition) is 3. The smallest absolute Gasteiger partial charge is 0.202 e. The van der Waals surface area contributed by atoms with Gasteiger partial charge in [-0.2, -0.15) is 0 Å². The zero-order valence-electron chi connectivity index (χ0n) is 6.67. The van der Waals surface area contributed by atoms with Crippen LogP contribution in [0.1, 0.15) is 12.0 Å². The summed E-state index contributed by atoms with van der Waals surface area (Å²) in [6, 6.07) is 3.78. The van der Waals surface area contributed by atoms with Crippen molar-refractivity contribution in [1.82, 2.24) is 4.98 Å². The molecular weight excluding hydrogens is 302 g/mol. The number of ether oxygens (including phenoxy) is 2. The van der Waals surface area contributed by atoms with E-state index in [0.29, 0.717) is 13.2 Å². The Morgan fingerprint density at radius 2 is 1.92 bits per heavy atom. The van der Waals surface area contributed by atoms with E-state index in [2.05, 4.69) is 36.8 Å². The Kier molecular flexibility index (Phi) is 2.98.